The van der Waals surface area contributed by atoms with E-state index in [0.717, 1.165) is 11.8 Å². The lowest BCUT2D eigenvalue weighted by molar-refractivity contribution is -0.137. The van der Waals surface area contributed by atoms with E-state index in [2.05, 4.69) is 0 Å². The minimum absolute atomic E-state index is 0.0148. The Morgan fingerprint density at radius 2 is 1.81 bits per heavy atom. The van der Waals surface area contributed by atoms with Crippen LogP contribution in [0.15, 0.2) is 47.4 Å². The molecule has 0 aliphatic carbocycles. The Kier molecular flexibility index (Phi) is 7.49. The molecule has 2 aromatic carbocycles. The number of aliphatic carboxylic acids is 1. The van der Waals surface area contributed by atoms with Gasteiger partial charge in [0.1, 0.15) is 10.1 Å². The fourth-order valence-corrected chi connectivity index (χ4v) is 4.10. The van der Waals surface area contributed by atoms with Crippen molar-refractivity contribution in [1.82, 2.24) is 4.90 Å². The van der Waals surface area contributed by atoms with Gasteiger partial charge in [0.25, 0.3) is 5.91 Å². The topological polar surface area (TPSA) is 102 Å². The summed E-state index contributed by atoms with van der Waals surface area (Å²) in [7, 11) is 2.98. The highest BCUT2D eigenvalue weighted by atomic mass is 32.2. The molecule has 0 saturated carbocycles. The van der Waals surface area contributed by atoms with Crippen LogP contribution in [0, 0.1) is 0 Å². The number of ether oxygens (including phenoxy) is 3. The number of methoxy groups -OCH3 is 2. The molecule has 166 valence electrons. The summed E-state index contributed by atoms with van der Waals surface area (Å²) in [6.07, 6.45) is 1.43. The first-order chi connectivity index (χ1) is 15.3. The van der Waals surface area contributed by atoms with Crippen LogP contribution in [-0.4, -0.2) is 52.9 Å². The Morgan fingerprint density at radius 3 is 2.44 bits per heavy atom. The zero-order valence-electron chi connectivity index (χ0n) is 17.2. The number of rotatable bonds is 8. The van der Waals surface area contributed by atoms with Gasteiger partial charge in [-0.25, -0.2) is 4.79 Å². The summed E-state index contributed by atoms with van der Waals surface area (Å²) in [4.78, 5) is 37.4. The monoisotopic (exact) mass is 473 g/mol. The summed E-state index contributed by atoms with van der Waals surface area (Å²) in [5.41, 5.74) is 0.979. The van der Waals surface area contributed by atoms with Crippen molar-refractivity contribution >= 4 is 52.2 Å². The van der Waals surface area contributed by atoms with Crippen molar-refractivity contribution in [2.24, 2.45) is 0 Å². The summed E-state index contributed by atoms with van der Waals surface area (Å²) in [5.74, 6) is -0.765. The van der Waals surface area contributed by atoms with E-state index >= 15 is 0 Å². The predicted molar refractivity (Wildman–Crippen MR) is 123 cm³/mol. The van der Waals surface area contributed by atoms with Crippen molar-refractivity contribution in [2.75, 3.05) is 20.8 Å². The average Bonchev–Trinajstić information content (AvgIpc) is 3.05. The number of thiocarbonyl (C=S) groups is 1. The molecule has 1 fully saturated rings. The number of benzene rings is 2. The largest absolute Gasteiger partial charge is 0.497 e. The van der Waals surface area contributed by atoms with Crippen molar-refractivity contribution in [3.05, 3.63) is 58.5 Å². The van der Waals surface area contributed by atoms with Gasteiger partial charge in [-0.1, -0.05) is 30.0 Å². The molecule has 0 radical (unpaired) electrons. The number of hydrogen-bond donors (Lipinski definition) is 1. The zero-order valence-corrected chi connectivity index (χ0v) is 18.8. The molecular formula is C22H19NO7S2. The number of carbonyl (C=O) groups is 3. The lowest BCUT2D eigenvalue weighted by Gasteiger charge is -2.12. The molecular weight excluding hydrogens is 454 g/mol. The molecule has 8 nitrogen and oxygen atoms in total. The van der Waals surface area contributed by atoms with Crippen LogP contribution >= 0.6 is 24.0 Å². The van der Waals surface area contributed by atoms with E-state index in [-0.39, 0.29) is 24.6 Å². The standard InChI is InChI=1S/C22H19NO7S2/c1-28-15-6-4-14(5-7-15)21(27)30-16-8-3-13(11-17(16)29-2)12-18-20(26)23(22(31)32-18)10-9-19(24)25/h3-8,11-12H,9-10H2,1-2H3,(H,24,25)/b18-12-. The van der Waals surface area contributed by atoms with E-state index < -0.39 is 11.9 Å². The van der Waals surface area contributed by atoms with Crippen LogP contribution in [0.25, 0.3) is 6.08 Å². The second-order valence-corrected chi connectivity index (χ2v) is 8.18. The fraction of sp³-hybridized carbons (Fsp3) is 0.182. The third-order valence-electron chi connectivity index (χ3n) is 4.44. The van der Waals surface area contributed by atoms with Crippen LogP contribution in [0.1, 0.15) is 22.3 Å². The molecule has 10 heteroatoms. The van der Waals surface area contributed by atoms with Crippen LogP contribution < -0.4 is 14.2 Å². The van der Waals surface area contributed by atoms with Gasteiger partial charge in [-0.2, -0.15) is 0 Å². The number of esters is 1. The summed E-state index contributed by atoms with van der Waals surface area (Å²) >= 11 is 6.28. The van der Waals surface area contributed by atoms with E-state index in [9.17, 15) is 14.4 Å². The molecule has 0 bridgehead atoms. The number of carboxylic acid groups (broad SMARTS) is 1. The van der Waals surface area contributed by atoms with E-state index in [0.29, 0.717) is 31.9 Å². The highest BCUT2D eigenvalue weighted by molar-refractivity contribution is 8.26. The summed E-state index contributed by atoms with van der Waals surface area (Å²) in [6.45, 7) is 0.0148. The van der Waals surface area contributed by atoms with Crippen molar-refractivity contribution in [3.63, 3.8) is 0 Å². The third-order valence-corrected chi connectivity index (χ3v) is 5.81. The van der Waals surface area contributed by atoms with E-state index in [1.807, 2.05) is 0 Å². The average molecular weight is 474 g/mol. The third kappa shape index (κ3) is 5.45. The van der Waals surface area contributed by atoms with Crippen LogP contribution in [0.3, 0.4) is 0 Å². The van der Waals surface area contributed by atoms with Gasteiger partial charge in [0, 0.05) is 6.54 Å². The highest BCUT2D eigenvalue weighted by Gasteiger charge is 2.32. The molecule has 3 rings (SSSR count). The van der Waals surface area contributed by atoms with Crippen molar-refractivity contribution in [1.29, 1.82) is 0 Å². The first-order valence-electron chi connectivity index (χ1n) is 9.34. The Balaban J connectivity index is 1.76. The highest BCUT2D eigenvalue weighted by Crippen LogP contribution is 2.35. The first kappa shape index (κ1) is 23.3. The minimum atomic E-state index is -1.01. The van der Waals surface area contributed by atoms with Crippen LogP contribution in [-0.2, 0) is 9.59 Å². The fourth-order valence-electron chi connectivity index (χ4n) is 2.80. The Morgan fingerprint density at radius 1 is 1.09 bits per heavy atom. The zero-order chi connectivity index (χ0) is 23.3. The molecule has 1 saturated heterocycles. The molecule has 0 unspecified atom stereocenters. The Labute approximate surface area is 193 Å². The van der Waals surface area contributed by atoms with E-state index in [1.54, 1.807) is 48.5 Å². The number of amides is 1. The number of carbonyl (C=O) groups excluding carboxylic acids is 2. The summed E-state index contributed by atoms with van der Waals surface area (Å²) in [6, 6.07) is 11.4. The van der Waals surface area contributed by atoms with E-state index in [4.69, 9.17) is 31.5 Å². The van der Waals surface area contributed by atoms with Crippen LogP contribution in [0.5, 0.6) is 17.2 Å². The molecule has 1 aliphatic rings. The Bertz CT molecular complexity index is 1100. The SMILES string of the molecule is COc1ccc(C(=O)Oc2ccc(/C=C3\SC(=S)N(CCC(=O)O)C3=O)cc2OC)cc1. The second kappa shape index (κ2) is 10.3. The maximum absolute atomic E-state index is 12.5. The van der Waals surface area contributed by atoms with Crippen molar-refractivity contribution < 1.29 is 33.7 Å². The molecule has 0 atom stereocenters. The molecule has 1 N–H and O–H groups in total. The number of nitrogens with zero attached hydrogens (tertiary/aromatic N) is 1. The van der Waals surface area contributed by atoms with Gasteiger partial charge >= 0.3 is 11.9 Å². The van der Waals surface area contributed by atoms with Gasteiger partial charge in [-0.15, -0.1) is 0 Å². The summed E-state index contributed by atoms with van der Waals surface area (Å²) in [5, 5.41) is 8.83. The number of carboxylic acids is 1. The van der Waals surface area contributed by atoms with Crippen molar-refractivity contribution in [3.8, 4) is 17.2 Å². The normalized spacial score (nSPS) is 14.6. The maximum Gasteiger partial charge on any atom is 0.343 e. The molecule has 0 aromatic heterocycles. The lowest BCUT2D eigenvalue weighted by Crippen LogP contribution is -2.30. The van der Waals surface area contributed by atoms with Crippen LogP contribution in [0.4, 0.5) is 0 Å². The van der Waals surface area contributed by atoms with Gasteiger partial charge in [-0.05, 0) is 48.0 Å². The van der Waals surface area contributed by atoms with Crippen LogP contribution in [0.2, 0.25) is 0 Å². The molecule has 1 aliphatic heterocycles. The van der Waals surface area contributed by atoms with Gasteiger partial charge in [0.2, 0.25) is 0 Å². The molecule has 0 spiro atoms. The number of hydrogen-bond acceptors (Lipinski definition) is 8. The minimum Gasteiger partial charge on any atom is -0.497 e. The van der Waals surface area contributed by atoms with Gasteiger partial charge in [0.15, 0.2) is 11.5 Å². The number of thioether (sulfide) groups is 1. The molecule has 1 amide bonds. The molecule has 1 heterocycles. The first-order valence-corrected chi connectivity index (χ1v) is 10.6. The quantitative estimate of drug-likeness (QED) is 0.267. The van der Waals surface area contributed by atoms with Gasteiger partial charge in [0.05, 0.1) is 31.1 Å². The Hall–Kier alpha value is -3.37. The lowest BCUT2D eigenvalue weighted by atomic mass is 10.1. The smallest absolute Gasteiger partial charge is 0.343 e. The molecule has 32 heavy (non-hydrogen) atoms. The van der Waals surface area contributed by atoms with E-state index in [1.165, 1.54) is 19.1 Å². The molecule has 2 aromatic rings. The van der Waals surface area contributed by atoms with Crippen molar-refractivity contribution in [2.45, 2.75) is 6.42 Å². The predicted octanol–water partition coefficient (Wildman–Crippen LogP) is 3.60. The maximum atomic E-state index is 12.5. The second-order valence-electron chi connectivity index (χ2n) is 6.51. The summed E-state index contributed by atoms with van der Waals surface area (Å²) < 4.78 is 16.2. The van der Waals surface area contributed by atoms with Gasteiger partial charge in [-0.3, -0.25) is 14.5 Å². The van der Waals surface area contributed by atoms with Gasteiger partial charge < -0.3 is 19.3 Å².